The molecule has 0 aromatic heterocycles. The number of amides is 3. The first-order valence-corrected chi connectivity index (χ1v) is 9.21. The zero-order chi connectivity index (χ0) is 18.1. The Morgan fingerprint density at radius 1 is 1.04 bits per heavy atom. The Kier molecular flexibility index (Phi) is 4.55. The van der Waals surface area contributed by atoms with Crippen molar-refractivity contribution in [2.45, 2.75) is 37.3 Å². The van der Waals surface area contributed by atoms with Crippen LogP contribution in [-0.2, 0) is 0 Å². The van der Waals surface area contributed by atoms with Crippen LogP contribution < -0.4 is 16.0 Å². The summed E-state index contributed by atoms with van der Waals surface area (Å²) in [6.07, 6.45) is 2.67. The van der Waals surface area contributed by atoms with Crippen molar-refractivity contribution in [1.82, 2.24) is 10.6 Å². The number of carbonyl (C=O) groups excluding carboxylic acids is 2. The molecule has 0 spiro atoms. The second-order valence-electron chi connectivity index (χ2n) is 6.90. The van der Waals surface area contributed by atoms with Crippen LogP contribution >= 0.6 is 11.6 Å². The molecule has 3 unspecified atom stereocenters. The van der Waals surface area contributed by atoms with Gasteiger partial charge in [0.1, 0.15) is 0 Å². The molecule has 0 radical (unpaired) electrons. The van der Waals surface area contributed by atoms with Gasteiger partial charge in [-0.15, -0.1) is 0 Å². The molecular formula is C20H20ClN3O2. The van der Waals surface area contributed by atoms with E-state index in [2.05, 4.69) is 16.0 Å². The fraction of sp³-hybridized carbons (Fsp3) is 0.300. The van der Waals surface area contributed by atoms with Crippen LogP contribution in [-0.4, -0.2) is 24.0 Å². The van der Waals surface area contributed by atoms with Crippen LogP contribution in [0.2, 0.25) is 5.02 Å². The number of para-hydroxylation sites is 1. The van der Waals surface area contributed by atoms with Gasteiger partial charge in [-0.05, 0) is 61.1 Å². The number of urea groups is 1. The first kappa shape index (κ1) is 16.9. The summed E-state index contributed by atoms with van der Waals surface area (Å²) in [7, 11) is 0. The monoisotopic (exact) mass is 369 g/mol. The Labute approximate surface area is 157 Å². The molecule has 1 heterocycles. The van der Waals surface area contributed by atoms with Gasteiger partial charge in [-0.2, -0.15) is 0 Å². The third-order valence-corrected chi connectivity index (χ3v) is 5.56. The Morgan fingerprint density at radius 2 is 1.81 bits per heavy atom. The molecule has 2 aliphatic rings. The topological polar surface area (TPSA) is 70.2 Å². The number of carbonyl (C=O) groups is 2. The van der Waals surface area contributed by atoms with Crippen LogP contribution in [0.5, 0.6) is 0 Å². The van der Waals surface area contributed by atoms with Gasteiger partial charge in [0.05, 0.1) is 12.1 Å². The lowest BCUT2D eigenvalue weighted by Crippen LogP contribution is -2.39. The van der Waals surface area contributed by atoms with E-state index in [1.807, 2.05) is 36.4 Å². The van der Waals surface area contributed by atoms with Crippen LogP contribution in [0.1, 0.15) is 41.1 Å². The molecule has 2 aromatic carbocycles. The Hall–Kier alpha value is -2.53. The highest BCUT2D eigenvalue weighted by Gasteiger charge is 2.38. The Morgan fingerprint density at radius 3 is 2.62 bits per heavy atom. The zero-order valence-electron chi connectivity index (χ0n) is 14.2. The van der Waals surface area contributed by atoms with Crippen molar-refractivity contribution in [2.24, 2.45) is 0 Å². The largest absolute Gasteiger partial charge is 0.333 e. The van der Waals surface area contributed by atoms with E-state index in [9.17, 15) is 9.59 Å². The van der Waals surface area contributed by atoms with Gasteiger partial charge < -0.3 is 16.0 Å². The summed E-state index contributed by atoms with van der Waals surface area (Å²) >= 11 is 6.43. The van der Waals surface area contributed by atoms with Crippen molar-refractivity contribution in [2.75, 3.05) is 5.32 Å². The van der Waals surface area contributed by atoms with Gasteiger partial charge in [0.25, 0.3) is 5.91 Å². The highest BCUT2D eigenvalue weighted by Crippen LogP contribution is 2.38. The highest BCUT2D eigenvalue weighted by molar-refractivity contribution is 6.31. The van der Waals surface area contributed by atoms with Gasteiger partial charge in [0, 0.05) is 16.3 Å². The average molecular weight is 370 g/mol. The quantitative estimate of drug-likeness (QED) is 0.767. The molecule has 6 heteroatoms. The molecule has 2 fully saturated rings. The predicted molar refractivity (Wildman–Crippen MR) is 102 cm³/mol. The lowest BCUT2D eigenvalue weighted by molar-refractivity contribution is 0.102. The number of rotatable bonds is 3. The molecule has 3 N–H and O–H groups in total. The molecule has 2 aromatic rings. The minimum atomic E-state index is -0.154. The molecular weight excluding hydrogens is 350 g/mol. The first-order chi connectivity index (χ1) is 12.6. The number of halogens is 1. The summed E-state index contributed by atoms with van der Waals surface area (Å²) in [6, 6.07) is 15.0. The summed E-state index contributed by atoms with van der Waals surface area (Å²) in [5, 5.41) is 9.49. The van der Waals surface area contributed by atoms with Crippen molar-refractivity contribution in [1.29, 1.82) is 0 Å². The van der Waals surface area contributed by atoms with Crippen molar-refractivity contribution in [3.63, 3.8) is 0 Å². The highest BCUT2D eigenvalue weighted by atomic mass is 35.5. The van der Waals surface area contributed by atoms with Crippen LogP contribution in [0, 0.1) is 0 Å². The minimum Gasteiger partial charge on any atom is -0.333 e. The molecule has 26 heavy (non-hydrogen) atoms. The lowest BCUT2D eigenvalue weighted by atomic mass is 9.79. The van der Waals surface area contributed by atoms with E-state index in [4.69, 9.17) is 11.6 Å². The van der Waals surface area contributed by atoms with Gasteiger partial charge >= 0.3 is 6.03 Å². The van der Waals surface area contributed by atoms with E-state index in [-0.39, 0.29) is 29.9 Å². The molecule has 134 valence electrons. The fourth-order valence-corrected chi connectivity index (χ4v) is 4.16. The molecule has 5 nitrogen and oxygen atoms in total. The summed E-state index contributed by atoms with van der Waals surface area (Å²) in [4.78, 5) is 24.1. The fourth-order valence-electron chi connectivity index (χ4n) is 3.89. The molecule has 1 aliphatic carbocycles. The van der Waals surface area contributed by atoms with E-state index in [1.165, 1.54) is 0 Å². The van der Waals surface area contributed by atoms with Gasteiger partial charge in [0.15, 0.2) is 0 Å². The van der Waals surface area contributed by atoms with E-state index in [0.29, 0.717) is 10.6 Å². The zero-order valence-corrected chi connectivity index (χ0v) is 14.9. The third-order valence-electron chi connectivity index (χ3n) is 5.21. The maximum Gasteiger partial charge on any atom is 0.315 e. The summed E-state index contributed by atoms with van der Waals surface area (Å²) in [5.41, 5.74) is 2.32. The molecule has 3 atom stereocenters. The van der Waals surface area contributed by atoms with Crippen LogP contribution in [0.15, 0.2) is 48.5 Å². The van der Waals surface area contributed by atoms with Crippen molar-refractivity contribution >= 4 is 29.2 Å². The molecule has 0 bridgehead atoms. The van der Waals surface area contributed by atoms with Crippen molar-refractivity contribution in [3.05, 3.63) is 64.7 Å². The summed E-state index contributed by atoms with van der Waals surface area (Å²) in [5.74, 6) is 0.0760. The van der Waals surface area contributed by atoms with Crippen molar-refractivity contribution in [3.8, 4) is 0 Å². The van der Waals surface area contributed by atoms with E-state index in [0.717, 1.165) is 30.5 Å². The minimum absolute atomic E-state index is 0.0947. The third kappa shape index (κ3) is 3.40. The Bertz CT molecular complexity index is 840. The van der Waals surface area contributed by atoms with E-state index in [1.54, 1.807) is 12.1 Å². The van der Waals surface area contributed by atoms with E-state index >= 15 is 0 Å². The first-order valence-electron chi connectivity index (χ1n) is 8.83. The van der Waals surface area contributed by atoms with Crippen molar-refractivity contribution < 1.29 is 9.59 Å². The number of fused-ring (bicyclic) bond motifs is 1. The molecule has 1 aliphatic heterocycles. The maximum absolute atomic E-state index is 12.6. The van der Waals surface area contributed by atoms with Gasteiger partial charge in [-0.25, -0.2) is 4.79 Å². The van der Waals surface area contributed by atoms with Gasteiger partial charge in [-0.1, -0.05) is 29.8 Å². The smallest absolute Gasteiger partial charge is 0.315 e. The molecule has 1 saturated heterocycles. The number of nitrogens with one attached hydrogen (secondary N) is 3. The maximum atomic E-state index is 12.6. The summed E-state index contributed by atoms with van der Waals surface area (Å²) < 4.78 is 0. The second kappa shape index (κ2) is 7.00. The second-order valence-corrected chi connectivity index (χ2v) is 7.30. The molecule has 1 saturated carbocycles. The normalized spacial score (nSPS) is 24.3. The summed E-state index contributed by atoms with van der Waals surface area (Å²) in [6.45, 7) is 0. The Balaban J connectivity index is 1.53. The van der Waals surface area contributed by atoms with Crippen LogP contribution in [0.25, 0.3) is 0 Å². The SMILES string of the molecule is O=C1NC2CCC(c3cc(C(=O)Nc4ccccc4)ccc3Cl)CC2N1. The van der Waals surface area contributed by atoms with Gasteiger partial charge in [0.2, 0.25) is 0 Å². The standard InChI is InChI=1S/C20H20ClN3O2/c21-16-8-6-13(19(25)22-14-4-2-1-3-5-14)10-15(16)12-7-9-17-18(11-12)24-20(26)23-17/h1-6,8,10,12,17-18H,7,9,11H2,(H,22,25)(H2,23,24,26). The van der Waals surface area contributed by atoms with Gasteiger partial charge in [-0.3, -0.25) is 4.79 Å². The number of benzene rings is 2. The predicted octanol–water partition coefficient (Wildman–Crippen LogP) is 3.91. The van der Waals surface area contributed by atoms with Crippen LogP contribution in [0.3, 0.4) is 0 Å². The number of hydrogen-bond acceptors (Lipinski definition) is 2. The number of anilines is 1. The average Bonchev–Trinajstić information content (AvgIpc) is 3.02. The van der Waals surface area contributed by atoms with E-state index < -0.39 is 0 Å². The van der Waals surface area contributed by atoms with Crippen LogP contribution in [0.4, 0.5) is 10.5 Å². The molecule has 3 amide bonds. The molecule has 4 rings (SSSR count). The lowest BCUT2D eigenvalue weighted by Gasteiger charge is -2.31. The number of hydrogen-bond donors (Lipinski definition) is 3.